The molecule has 0 aromatic rings. The molecule has 0 bridgehead atoms. The number of fused-ring (bicyclic) bond motifs is 1. The second kappa shape index (κ2) is 9.69. The minimum absolute atomic E-state index is 0.107. The number of hydrogen-bond donors (Lipinski definition) is 2. The Kier molecular flexibility index (Phi) is 7.54. The van der Waals surface area contributed by atoms with Crippen LogP contribution in [0.3, 0.4) is 0 Å². The maximum absolute atomic E-state index is 13.0. The van der Waals surface area contributed by atoms with Crippen molar-refractivity contribution in [1.82, 2.24) is 0 Å². The molecular weight excluding hydrogens is 448 g/mol. The molecule has 0 N–H and O–H groups in total. The molecule has 1 heterocycles. The number of thioether (sulfide) groups is 1. The molecule has 6 atom stereocenters. The Morgan fingerprint density at radius 1 is 0.871 bits per heavy atom. The number of rotatable bonds is 6. The van der Waals surface area contributed by atoms with Gasteiger partial charge in [-0.25, -0.2) is 0 Å². The molecule has 0 aromatic heterocycles. The fourth-order valence-corrected chi connectivity index (χ4v) is 7.68. The first-order valence-electron chi connectivity index (χ1n) is 12.1. The highest BCUT2D eigenvalue weighted by Crippen LogP contribution is 2.62. The van der Waals surface area contributed by atoms with Gasteiger partial charge in [-0.1, -0.05) is 6.92 Å². The van der Waals surface area contributed by atoms with Gasteiger partial charge in [-0.05, 0) is 83.0 Å². The Balaban J connectivity index is 1.25. The van der Waals surface area contributed by atoms with E-state index < -0.39 is 5.92 Å². The van der Waals surface area contributed by atoms with Crippen LogP contribution in [0.2, 0.25) is 0 Å². The normalized spacial score (nSPS) is 44.8. The maximum Gasteiger partial charge on any atom is 0.309 e. The van der Waals surface area contributed by atoms with Crippen LogP contribution in [0, 0.1) is 23.7 Å². The van der Waals surface area contributed by atoms with Gasteiger partial charge in [0.15, 0.2) is 0 Å². The molecule has 3 saturated carbocycles. The lowest BCUT2D eigenvalue weighted by molar-refractivity contribution is -0.164. The molecule has 0 amide bonds. The molecule has 4 nitrogen and oxygen atoms in total. The number of ether oxygens (including phenoxy) is 2. The minimum atomic E-state index is -0.417. The van der Waals surface area contributed by atoms with Gasteiger partial charge in [0.1, 0.15) is 0 Å². The van der Waals surface area contributed by atoms with E-state index in [1.165, 1.54) is 6.42 Å². The van der Waals surface area contributed by atoms with Gasteiger partial charge < -0.3 is 9.47 Å². The molecule has 0 aromatic carbocycles. The first-order chi connectivity index (χ1) is 14.7. The predicted octanol–water partition coefficient (Wildman–Crippen LogP) is 5.34. The number of hydrogen-bond acceptors (Lipinski definition) is 7. The summed E-state index contributed by atoms with van der Waals surface area (Å²) in [7, 11) is 0. The Hall–Kier alpha value is -0.0100. The SMILES string of the molecule is CC1(S)CCC(COC(=O)C2CCC(S)CC2C(=O)OCC2CCC3(C)SC3C2)CC1. The molecule has 4 rings (SSSR count). The van der Waals surface area contributed by atoms with Crippen molar-refractivity contribution < 1.29 is 19.1 Å². The third kappa shape index (κ3) is 6.11. The molecule has 4 fully saturated rings. The molecule has 7 heteroatoms. The van der Waals surface area contributed by atoms with E-state index in [1.807, 2.05) is 0 Å². The van der Waals surface area contributed by atoms with Crippen LogP contribution in [0.15, 0.2) is 0 Å². The van der Waals surface area contributed by atoms with Crippen molar-refractivity contribution in [2.24, 2.45) is 23.7 Å². The standard InChI is InChI=1S/C24H38O4S3/c1-23(30)8-5-15(6-9-23)13-27-21(25)18-4-3-17(29)12-19(18)22(26)28-14-16-7-10-24(2)20(11-16)31-24/h15-20,29-30H,3-14H2,1-2H3. The van der Waals surface area contributed by atoms with Crippen LogP contribution in [0.5, 0.6) is 0 Å². The first-order valence-corrected chi connectivity index (χ1v) is 13.9. The number of thiol groups is 2. The number of carbonyl (C=O) groups is 2. The molecule has 4 aliphatic rings. The first kappa shape index (κ1) is 24.1. The van der Waals surface area contributed by atoms with Crippen molar-refractivity contribution in [3.63, 3.8) is 0 Å². The Bertz CT molecular complexity index is 674. The summed E-state index contributed by atoms with van der Waals surface area (Å²) in [6.07, 6.45) is 9.79. The van der Waals surface area contributed by atoms with E-state index in [0.29, 0.717) is 42.6 Å². The second-order valence-electron chi connectivity index (χ2n) is 10.9. The summed E-state index contributed by atoms with van der Waals surface area (Å²) in [5.74, 6) is -0.372. The summed E-state index contributed by atoms with van der Waals surface area (Å²) in [6, 6.07) is 0. The third-order valence-corrected chi connectivity index (χ3v) is 10.9. The summed E-state index contributed by atoms with van der Waals surface area (Å²) >= 11 is 11.4. The topological polar surface area (TPSA) is 52.6 Å². The molecule has 6 unspecified atom stereocenters. The van der Waals surface area contributed by atoms with Crippen LogP contribution < -0.4 is 0 Å². The molecule has 31 heavy (non-hydrogen) atoms. The average Bonchev–Trinajstić information content (AvgIpc) is 3.41. The molecule has 0 spiro atoms. The van der Waals surface area contributed by atoms with Crippen molar-refractivity contribution in [1.29, 1.82) is 0 Å². The van der Waals surface area contributed by atoms with Gasteiger partial charge in [0.05, 0.1) is 25.0 Å². The van der Waals surface area contributed by atoms with Gasteiger partial charge >= 0.3 is 11.9 Å². The number of esters is 2. The zero-order valence-corrected chi connectivity index (χ0v) is 21.5. The summed E-state index contributed by atoms with van der Waals surface area (Å²) in [5.41, 5.74) is 0. The highest BCUT2D eigenvalue weighted by Gasteiger charge is 2.54. The molecule has 1 saturated heterocycles. The fraction of sp³-hybridized carbons (Fsp3) is 0.917. The Morgan fingerprint density at radius 2 is 1.48 bits per heavy atom. The Morgan fingerprint density at radius 3 is 2.16 bits per heavy atom. The second-order valence-corrected chi connectivity index (χ2v) is 14.5. The molecule has 176 valence electrons. The van der Waals surface area contributed by atoms with Crippen molar-refractivity contribution in [2.45, 2.75) is 98.0 Å². The Labute approximate surface area is 202 Å². The van der Waals surface area contributed by atoms with Crippen molar-refractivity contribution in [2.75, 3.05) is 13.2 Å². The molecule has 0 radical (unpaired) electrons. The third-order valence-electron chi connectivity index (χ3n) is 8.16. The van der Waals surface area contributed by atoms with E-state index in [-0.39, 0.29) is 27.9 Å². The van der Waals surface area contributed by atoms with Crippen LogP contribution in [-0.2, 0) is 19.1 Å². The summed E-state index contributed by atoms with van der Waals surface area (Å²) in [4.78, 5) is 25.9. The van der Waals surface area contributed by atoms with E-state index in [4.69, 9.17) is 22.1 Å². The van der Waals surface area contributed by atoms with E-state index in [9.17, 15) is 9.59 Å². The van der Waals surface area contributed by atoms with Crippen LogP contribution in [0.1, 0.15) is 78.1 Å². The van der Waals surface area contributed by atoms with Gasteiger partial charge in [0.2, 0.25) is 0 Å². The van der Waals surface area contributed by atoms with Crippen LogP contribution in [0.4, 0.5) is 0 Å². The van der Waals surface area contributed by atoms with Crippen LogP contribution in [-0.4, -0.2) is 45.1 Å². The van der Waals surface area contributed by atoms with E-state index in [0.717, 1.165) is 50.2 Å². The minimum Gasteiger partial charge on any atom is -0.465 e. The van der Waals surface area contributed by atoms with Gasteiger partial charge in [-0.15, -0.1) is 11.8 Å². The molecule has 3 aliphatic carbocycles. The lowest BCUT2D eigenvalue weighted by Gasteiger charge is -2.34. The lowest BCUT2D eigenvalue weighted by atomic mass is 9.78. The van der Waals surface area contributed by atoms with Gasteiger partial charge in [0, 0.05) is 20.0 Å². The summed E-state index contributed by atoms with van der Waals surface area (Å²) in [5, 5.41) is 0.885. The highest BCUT2D eigenvalue weighted by atomic mass is 32.2. The van der Waals surface area contributed by atoms with Gasteiger partial charge in [-0.3, -0.25) is 9.59 Å². The van der Waals surface area contributed by atoms with Crippen molar-refractivity contribution in [3.8, 4) is 0 Å². The highest BCUT2D eigenvalue weighted by molar-refractivity contribution is 8.08. The molecular formula is C24H38O4S3. The van der Waals surface area contributed by atoms with Crippen molar-refractivity contribution >= 4 is 49.0 Å². The monoisotopic (exact) mass is 486 g/mol. The van der Waals surface area contributed by atoms with Gasteiger partial charge in [0.25, 0.3) is 0 Å². The lowest BCUT2D eigenvalue weighted by Crippen LogP contribution is -2.39. The van der Waals surface area contributed by atoms with Crippen LogP contribution in [0.25, 0.3) is 0 Å². The quantitative estimate of drug-likeness (QED) is 0.301. The van der Waals surface area contributed by atoms with E-state index in [1.54, 1.807) is 0 Å². The van der Waals surface area contributed by atoms with Gasteiger partial charge in [-0.2, -0.15) is 25.3 Å². The van der Waals surface area contributed by atoms with Crippen molar-refractivity contribution in [3.05, 3.63) is 0 Å². The zero-order valence-electron chi connectivity index (χ0n) is 18.9. The average molecular weight is 487 g/mol. The van der Waals surface area contributed by atoms with Crippen LogP contribution >= 0.6 is 37.0 Å². The summed E-state index contributed by atoms with van der Waals surface area (Å²) in [6.45, 7) is 5.48. The smallest absolute Gasteiger partial charge is 0.309 e. The van der Waals surface area contributed by atoms with E-state index >= 15 is 0 Å². The number of carbonyl (C=O) groups excluding carboxylic acids is 2. The zero-order chi connectivity index (χ0) is 22.2. The summed E-state index contributed by atoms with van der Waals surface area (Å²) < 4.78 is 12.1. The molecule has 1 aliphatic heterocycles. The maximum atomic E-state index is 13.0. The predicted molar refractivity (Wildman–Crippen MR) is 132 cm³/mol. The van der Waals surface area contributed by atoms with E-state index in [2.05, 4.69) is 38.2 Å². The largest absolute Gasteiger partial charge is 0.465 e. The fourth-order valence-electron chi connectivity index (χ4n) is 5.64.